The van der Waals surface area contributed by atoms with Crippen molar-refractivity contribution in [2.24, 2.45) is 5.73 Å². The summed E-state index contributed by atoms with van der Waals surface area (Å²) in [5.41, 5.74) is 7.56. The average Bonchev–Trinajstić information content (AvgIpc) is 2.71. The first-order chi connectivity index (χ1) is 7.65. The molecule has 3 N–H and O–H groups in total. The minimum absolute atomic E-state index is 0.112. The zero-order valence-electron chi connectivity index (χ0n) is 8.93. The monoisotopic (exact) mass is 219 g/mol. The van der Waals surface area contributed by atoms with E-state index in [4.69, 9.17) is 5.73 Å². The lowest BCUT2D eigenvalue weighted by molar-refractivity contribution is -0.383. The largest absolute Gasteiger partial charge is 0.355 e. The van der Waals surface area contributed by atoms with Gasteiger partial charge in [-0.1, -0.05) is 19.1 Å². The van der Waals surface area contributed by atoms with Crippen LogP contribution in [0, 0.1) is 10.1 Å². The van der Waals surface area contributed by atoms with Crippen molar-refractivity contribution in [1.29, 1.82) is 0 Å². The van der Waals surface area contributed by atoms with Crippen molar-refractivity contribution in [3.63, 3.8) is 0 Å². The van der Waals surface area contributed by atoms with Gasteiger partial charge < -0.3 is 10.7 Å². The number of fused-ring (bicyclic) bond motifs is 1. The summed E-state index contributed by atoms with van der Waals surface area (Å²) in [5.74, 6) is 0.182. The second-order valence-electron chi connectivity index (χ2n) is 3.84. The first kappa shape index (κ1) is 10.6. The highest BCUT2D eigenvalue weighted by atomic mass is 16.6. The van der Waals surface area contributed by atoms with Crippen LogP contribution in [0.1, 0.15) is 18.4 Å². The summed E-state index contributed by atoms with van der Waals surface area (Å²) in [7, 11) is 0. The maximum absolute atomic E-state index is 10.8. The minimum atomic E-state index is -0.379. The highest BCUT2D eigenvalue weighted by Crippen LogP contribution is 2.30. The number of rotatable bonds is 3. The van der Waals surface area contributed by atoms with Gasteiger partial charge >= 0.3 is 0 Å². The molecule has 2 rings (SSSR count). The third-order valence-electron chi connectivity index (χ3n) is 2.81. The molecule has 0 fully saturated rings. The van der Waals surface area contributed by atoms with E-state index in [0.29, 0.717) is 11.9 Å². The molecule has 5 nitrogen and oxygen atoms in total. The minimum Gasteiger partial charge on any atom is -0.355 e. The van der Waals surface area contributed by atoms with Gasteiger partial charge in [0.2, 0.25) is 0 Å². The molecule has 0 saturated heterocycles. The lowest BCUT2D eigenvalue weighted by Crippen LogP contribution is -2.09. The van der Waals surface area contributed by atoms with Crippen molar-refractivity contribution < 1.29 is 4.92 Å². The Morgan fingerprint density at radius 2 is 2.31 bits per heavy atom. The number of aromatic amines is 1. The van der Waals surface area contributed by atoms with Gasteiger partial charge in [0.1, 0.15) is 0 Å². The Morgan fingerprint density at radius 3 is 2.94 bits per heavy atom. The maximum atomic E-state index is 10.8. The molecule has 1 aromatic carbocycles. The van der Waals surface area contributed by atoms with Crippen LogP contribution in [-0.4, -0.2) is 16.5 Å². The first-order valence-electron chi connectivity index (χ1n) is 5.09. The Labute approximate surface area is 92.4 Å². The second kappa shape index (κ2) is 3.94. The highest BCUT2D eigenvalue weighted by molar-refractivity contribution is 5.91. The van der Waals surface area contributed by atoms with E-state index in [1.54, 1.807) is 6.07 Å². The Balaban J connectivity index is 2.66. The normalized spacial score (nSPS) is 12.9. The summed E-state index contributed by atoms with van der Waals surface area (Å²) in [4.78, 5) is 13.4. The summed E-state index contributed by atoms with van der Waals surface area (Å²) in [6.07, 6.45) is 1.43. The fraction of sp³-hybridized carbons (Fsp3) is 0.273. The van der Waals surface area contributed by atoms with E-state index < -0.39 is 0 Å². The number of nitro groups is 1. The standard InChI is InChI=1S/C11H13N3O2/c1-7(5-12)8-3-2-4-9-10(14(15)16)6-13-11(8)9/h2-4,6-7,13H,5,12H2,1H3. The zero-order chi connectivity index (χ0) is 11.7. The third-order valence-corrected chi connectivity index (χ3v) is 2.81. The lowest BCUT2D eigenvalue weighted by atomic mass is 9.99. The fourth-order valence-corrected chi connectivity index (χ4v) is 1.85. The molecule has 1 atom stereocenters. The molecule has 1 heterocycles. The molecule has 0 aliphatic rings. The summed E-state index contributed by atoms with van der Waals surface area (Å²) in [6, 6.07) is 5.52. The van der Waals surface area contributed by atoms with Crippen molar-refractivity contribution in [2.75, 3.05) is 6.54 Å². The predicted octanol–water partition coefficient (Wildman–Crippen LogP) is 2.14. The topological polar surface area (TPSA) is 84.9 Å². The molecule has 0 amide bonds. The van der Waals surface area contributed by atoms with Gasteiger partial charge in [0.25, 0.3) is 5.69 Å². The maximum Gasteiger partial charge on any atom is 0.294 e. The number of H-pyrrole nitrogens is 1. The van der Waals surface area contributed by atoms with E-state index in [2.05, 4.69) is 4.98 Å². The SMILES string of the molecule is CC(CN)c1cccc2c([N+](=O)[O-])c[nH]c12. The highest BCUT2D eigenvalue weighted by Gasteiger charge is 2.17. The van der Waals surface area contributed by atoms with Crippen LogP contribution < -0.4 is 5.73 Å². The van der Waals surface area contributed by atoms with Gasteiger partial charge in [0.15, 0.2) is 0 Å². The number of hydrogen-bond acceptors (Lipinski definition) is 3. The van der Waals surface area contributed by atoms with Gasteiger partial charge in [0.05, 0.1) is 22.0 Å². The zero-order valence-corrected chi connectivity index (χ0v) is 8.93. The van der Waals surface area contributed by atoms with Crippen LogP contribution in [-0.2, 0) is 0 Å². The first-order valence-corrected chi connectivity index (χ1v) is 5.09. The Bertz CT molecular complexity index is 533. The lowest BCUT2D eigenvalue weighted by Gasteiger charge is -2.09. The molecule has 0 spiro atoms. The molecular weight excluding hydrogens is 206 g/mol. The van der Waals surface area contributed by atoms with Crippen LogP contribution in [0.2, 0.25) is 0 Å². The number of benzene rings is 1. The van der Waals surface area contributed by atoms with E-state index in [1.807, 2.05) is 19.1 Å². The van der Waals surface area contributed by atoms with Crippen LogP contribution in [0.5, 0.6) is 0 Å². The van der Waals surface area contributed by atoms with Gasteiger partial charge in [-0.25, -0.2) is 0 Å². The van der Waals surface area contributed by atoms with E-state index in [-0.39, 0.29) is 16.5 Å². The Hall–Kier alpha value is -1.88. The molecular formula is C11H13N3O2. The number of aromatic nitrogens is 1. The molecule has 0 aliphatic heterocycles. The number of nitrogens with one attached hydrogen (secondary N) is 1. The third kappa shape index (κ3) is 1.55. The van der Waals surface area contributed by atoms with E-state index >= 15 is 0 Å². The van der Waals surface area contributed by atoms with Gasteiger partial charge in [0, 0.05) is 0 Å². The van der Waals surface area contributed by atoms with Crippen molar-refractivity contribution in [3.05, 3.63) is 40.1 Å². The number of nitrogens with zero attached hydrogens (tertiary/aromatic N) is 1. The van der Waals surface area contributed by atoms with Crippen LogP contribution in [0.3, 0.4) is 0 Å². The summed E-state index contributed by atoms with van der Waals surface area (Å²) < 4.78 is 0. The van der Waals surface area contributed by atoms with Crippen LogP contribution in [0.4, 0.5) is 5.69 Å². The molecule has 0 saturated carbocycles. The van der Waals surface area contributed by atoms with Crippen LogP contribution >= 0.6 is 0 Å². The predicted molar refractivity (Wildman–Crippen MR) is 62.4 cm³/mol. The quantitative estimate of drug-likeness (QED) is 0.612. The molecule has 0 aliphatic carbocycles. The van der Waals surface area contributed by atoms with Crippen LogP contribution in [0.15, 0.2) is 24.4 Å². The van der Waals surface area contributed by atoms with Gasteiger partial charge in [-0.05, 0) is 24.1 Å². The molecule has 2 aromatic rings. The number of nitrogens with two attached hydrogens (primary N) is 1. The molecule has 16 heavy (non-hydrogen) atoms. The Morgan fingerprint density at radius 1 is 1.56 bits per heavy atom. The Kier molecular flexibility index (Phi) is 2.62. The number of hydrogen-bond donors (Lipinski definition) is 2. The smallest absolute Gasteiger partial charge is 0.294 e. The van der Waals surface area contributed by atoms with Gasteiger partial charge in [-0.15, -0.1) is 0 Å². The molecule has 0 radical (unpaired) electrons. The number of para-hydroxylation sites is 1. The van der Waals surface area contributed by atoms with Crippen molar-refractivity contribution >= 4 is 16.6 Å². The van der Waals surface area contributed by atoms with E-state index in [0.717, 1.165) is 11.1 Å². The molecule has 0 bridgehead atoms. The molecule has 84 valence electrons. The molecule has 5 heteroatoms. The summed E-state index contributed by atoms with van der Waals surface area (Å²) in [6.45, 7) is 2.52. The van der Waals surface area contributed by atoms with Crippen molar-refractivity contribution in [1.82, 2.24) is 4.98 Å². The van der Waals surface area contributed by atoms with Gasteiger partial charge in [-0.3, -0.25) is 10.1 Å². The van der Waals surface area contributed by atoms with Crippen molar-refractivity contribution in [3.8, 4) is 0 Å². The second-order valence-corrected chi connectivity index (χ2v) is 3.84. The summed E-state index contributed by atoms with van der Waals surface area (Å²) >= 11 is 0. The fourth-order valence-electron chi connectivity index (χ4n) is 1.85. The van der Waals surface area contributed by atoms with Gasteiger partial charge in [-0.2, -0.15) is 0 Å². The molecule has 1 aromatic heterocycles. The van der Waals surface area contributed by atoms with Crippen LogP contribution in [0.25, 0.3) is 10.9 Å². The van der Waals surface area contributed by atoms with E-state index in [9.17, 15) is 10.1 Å². The average molecular weight is 219 g/mol. The van der Waals surface area contributed by atoms with Crippen molar-refractivity contribution in [2.45, 2.75) is 12.8 Å². The van der Waals surface area contributed by atoms with E-state index in [1.165, 1.54) is 6.20 Å². The molecule has 1 unspecified atom stereocenters. The summed E-state index contributed by atoms with van der Waals surface area (Å²) in [5, 5.41) is 11.4.